The molecule has 0 unspecified atom stereocenters. The van der Waals surface area contributed by atoms with Crippen LogP contribution in [0.1, 0.15) is 18.2 Å². The summed E-state index contributed by atoms with van der Waals surface area (Å²) in [5.41, 5.74) is 1.48. The van der Waals surface area contributed by atoms with E-state index in [0.717, 1.165) is 18.2 Å². The Balaban J connectivity index is 1.77. The van der Waals surface area contributed by atoms with Gasteiger partial charge in [-0.3, -0.25) is 0 Å². The minimum Gasteiger partial charge on any atom is -0.497 e. The van der Waals surface area contributed by atoms with Crippen LogP contribution in [0.25, 0.3) is 0 Å². The first-order valence-corrected chi connectivity index (χ1v) is 9.32. The normalized spacial score (nSPS) is 10.7. The maximum Gasteiger partial charge on any atom is 0.223 e. The highest BCUT2D eigenvalue weighted by Gasteiger charge is 2.09. The second-order valence-electron chi connectivity index (χ2n) is 5.65. The van der Waals surface area contributed by atoms with Gasteiger partial charge in [0.15, 0.2) is 16.8 Å². The number of rotatable bonds is 7. The summed E-state index contributed by atoms with van der Waals surface area (Å²) in [6.45, 7) is 1.99. The van der Waals surface area contributed by atoms with Crippen molar-refractivity contribution in [3.8, 4) is 17.4 Å². The molecule has 0 atom stereocenters. The minimum atomic E-state index is -0.863. The van der Waals surface area contributed by atoms with E-state index in [4.69, 9.17) is 9.47 Å². The molecule has 0 N–H and O–H groups in total. The van der Waals surface area contributed by atoms with Crippen molar-refractivity contribution in [1.29, 1.82) is 0 Å². The number of hydrogen-bond acceptors (Lipinski definition) is 5. The molecule has 27 heavy (non-hydrogen) atoms. The zero-order valence-electron chi connectivity index (χ0n) is 14.9. The van der Waals surface area contributed by atoms with Crippen LogP contribution in [0.4, 0.5) is 8.78 Å². The fourth-order valence-corrected chi connectivity index (χ4v) is 3.12. The zero-order chi connectivity index (χ0) is 19.2. The molecule has 3 rings (SSSR count). The van der Waals surface area contributed by atoms with Crippen LogP contribution in [0.2, 0.25) is 0 Å². The maximum atomic E-state index is 13.3. The molecule has 2 aromatic carbocycles. The Morgan fingerprint density at radius 3 is 2.52 bits per heavy atom. The van der Waals surface area contributed by atoms with Gasteiger partial charge < -0.3 is 9.47 Å². The average molecular weight is 388 g/mol. The molecule has 0 radical (unpaired) electrons. The number of halogens is 2. The van der Waals surface area contributed by atoms with Gasteiger partial charge >= 0.3 is 0 Å². The van der Waals surface area contributed by atoms with Gasteiger partial charge in [0, 0.05) is 23.6 Å². The number of hydrogen-bond donors (Lipinski definition) is 0. The Bertz CT molecular complexity index is 938. The maximum absolute atomic E-state index is 13.3. The van der Waals surface area contributed by atoms with Gasteiger partial charge in [0.2, 0.25) is 5.88 Å². The lowest BCUT2D eigenvalue weighted by Gasteiger charge is -2.09. The highest BCUT2D eigenvalue weighted by atomic mass is 32.2. The summed E-state index contributed by atoms with van der Waals surface area (Å²) in [5.74, 6) is 0.406. The summed E-state index contributed by atoms with van der Waals surface area (Å²) < 4.78 is 37.4. The molecule has 1 aromatic heterocycles. The molecule has 4 nitrogen and oxygen atoms in total. The first kappa shape index (κ1) is 19.1. The van der Waals surface area contributed by atoms with Crippen LogP contribution in [0.5, 0.6) is 17.4 Å². The van der Waals surface area contributed by atoms with Gasteiger partial charge in [0.1, 0.15) is 11.5 Å². The van der Waals surface area contributed by atoms with Crippen LogP contribution >= 0.6 is 11.8 Å². The van der Waals surface area contributed by atoms with E-state index in [1.807, 2.05) is 25.1 Å². The van der Waals surface area contributed by atoms with Crippen LogP contribution in [-0.2, 0) is 12.2 Å². The summed E-state index contributed by atoms with van der Waals surface area (Å²) in [5, 5.41) is 0.511. The average Bonchev–Trinajstić information content (AvgIpc) is 2.69. The lowest BCUT2D eigenvalue weighted by atomic mass is 10.2. The smallest absolute Gasteiger partial charge is 0.223 e. The quantitative estimate of drug-likeness (QED) is 0.400. The zero-order valence-corrected chi connectivity index (χ0v) is 15.7. The second kappa shape index (κ2) is 8.81. The Hall–Kier alpha value is -2.67. The third-order valence-electron chi connectivity index (χ3n) is 3.71. The first-order valence-electron chi connectivity index (χ1n) is 8.34. The van der Waals surface area contributed by atoms with Crippen molar-refractivity contribution in [2.75, 3.05) is 7.11 Å². The van der Waals surface area contributed by atoms with Crippen molar-refractivity contribution in [3.63, 3.8) is 0 Å². The van der Waals surface area contributed by atoms with Crippen LogP contribution in [0.3, 0.4) is 0 Å². The van der Waals surface area contributed by atoms with E-state index >= 15 is 0 Å². The van der Waals surface area contributed by atoms with Crippen molar-refractivity contribution >= 4 is 11.8 Å². The SMILES string of the molecule is CCc1cc(Oc2cccc(OC)c2)nc(SCc2ccc(F)c(F)c2)n1. The Kier molecular flexibility index (Phi) is 6.24. The minimum absolute atomic E-state index is 0.419. The summed E-state index contributed by atoms with van der Waals surface area (Å²) in [6.07, 6.45) is 0.718. The predicted octanol–water partition coefficient (Wildman–Crippen LogP) is 5.41. The number of aromatic nitrogens is 2. The molecule has 3 aromatic rings. The molecule has 7 heteroatoms. The molecule has 140 valence electrons. The molecule has 0 saturated heterocycles. The summed E-state index contributed by atoms with van der Waals surface area (Å²) >= 11 is 1.33. The second-order valence-corrected chi connectivity index (χ2v) is 6.59. The van der Waals surface area contributed by atoms with E-state index in [9.17, 15) is 8.78 Å². The predicted molar refractivity (Wildman–Crippen MR) is 100 cm³/mol. The first-order chi connectivity index (χ1) is 13.1. The molecule has 0 bridgehead atoms. The van der Waals surface area contributed by atoms with Gasteiger partial charge in [-0.2, -0.15) is 4.98 Å². The van der Waals surface area contributed by atoms with Crippen molar-refractivity contribution in [2.45, 2.75) is 24.3 Å². The summed E-state index contributed by atoms with van der Waals surface area (Å²) in [7, 11) is 1.59. The van der Waals surface area contributed by atoms with E-state index < -0.39 is 11.6 Å². The van der Waals surface area contributed by atoms with Crippen LogP contribution in [0.15, 0.2) is 53.7 Å². The van der Waals surface area contributed by atoms with E-state index in [-0.39, 0.29) is 0 Å². The summed E-state index contributed by atoms with van der Waals surface area (Å²) in [6, 6.07) is 12.9. The molecular formula is C20H18F2N2O2S. The molecule has 0 spiro atoms. The van der Waals surface area contributed by atoms with Gasteiger partial charge in [0.05, 0.1) is 7.11 Å². The highest BCUT2D eigenvalue weighted by Crippen LogP contribution is 2.27. The number of thioether (sulfide) groups is 1. The summed E-state index contributed by atoms with van der Waals surface area (Å²) in [4.78, 5) is 8.87. The number of ether oxygens (including phenoxy) is 2. The molecule has 0 aliphatic rings. The number of nitrogens with zero attached hydrogens (tertiary/aromatic N) is 2. The fourth-order valence-electron chi connectivity index (χ4n) is 2.31. The Labute approximate surface area is 160 Å². The van der Waals surface area contributed by atoms with Gasteiger partial charge in [-0.25, -0.2) is 13.8 Å². The van der Waals surface area contributed by atoms with Gasteiger partial charge in [0.25, 0.3) is 0 Å². The Morgan fingerprint density at radius 2 is 1.78 bits per heavy atom. The Morgan fingerprint density at radius 1 is 0.963 bits per heavy atom. The van der Waals surface area contributed by atoms with E-state index in [2.05, 4.69) is 9.97 Å². The molecule has 0 fully saturated rings. The highest BCUT2D eigenvalue weighted by molar-refractivity contribution is 7.98. The molecule has 0 aliphatic carbocycles. The lowest BCUT2D eigenvalue weighted by Crippen LogP contribution is -1.98. The molecule has 0 saturated carbocycles. The van der Waals surface area contributed by atoms with Crippen molar-refractivity contribution in [2.24, 2.45) is 0 Å². The topological polar surface area (TPSA) is 44.2 Å². The standard InChI is InChI=1S/C20H18F2N2O2S/c1-3-14-10-19(26-16-6-4-5-15(11-16)25-2)24-20(23-14)27-12-13-7-8-17(21)18(22)9-13/h4-11H,3,12H2,1-2H3. The third-order valence-corrected chi connectivity index (χ3v) is 4.63. The van der Waals surface area contributed by atoms with Gasteiger partial charge in [-0.15, -0.1) is 0 Å². The van der Waals surface area contributed by atoms with Crippen LogP contribution in [-0.4, -0.2) is 17.1 Å². The molecule has 0 amide bonds. The number of benzene rings is 2. The van der Waals surface area contributed by atoms with Crippen molar-refractivity contribution in [1.82, 2.24) is 9.97 Å². The number of aryl methyl sites for hydroxylation is 1. The van der Waals surface area contributed by atoms with Crippen LogP contribution in [0, 0.1) is 11.6 Å². The van der Waals surface area contributed by atoms with Gasteiger partial charge in [-0.1, -0.05) is 30.8 Å². The number of methoxy groups -OCH3 is 1. The molecule has 0 aliphatic heterocycles. The fraction of sp³-hybridized carbons (Fsp3) is 0.200. The van der Waals surface area contributed by atoms with E-state index in [0.29, 0.717) is 33.9 Å². The van der Waals surface area contributed by atoms with Gasteiger partial charge in [-0.05, 0) is 36.2 Å². The largest absolute Gasteiger partial charge is 0.497 e. The van der Waals surface area contributed by atoms with E-state index in [1.165, 1.54) is 17.8 Å². The monoisotopic (exact) mass is 388 g/mol. The van der Waals surface area contributed by atoms with Crippen molar-refractivity contribution in [3.05, 3.63) is 71.4 Å². The van der Waals surface area contributed by atoms with Crippen molar-refractivity contribution < 1.29 is 18.3 Å². The van der Waals surface area contributed by atoms with E-state index in [1.54, 1.807) is 25.3 Å². The lowest BCUT2D eigenvalue weighted by molar-refractivity contribution is 0.406. The molecular weight excluding hydrogens is 370 g/mol. The molecule has 1 heterocycles. The van der Waals surface area contributed by atoms with Crippen LogP contribution < -0.4 is 9.47 Å². The third kappa shape index (κ3) is 5.17.